The maximum Gasteiger partial charge on any atom is 0.410 e. The number of likely N-dealkylation sites (tertiary alicyclic amines) is 1. The smallest absolute Gasteiger partial charge is 0.410 e. The van der Waals surface area contributed by atoms with Gasteiger partial charge in [-0.3, -0.25) is 0 Å². The third-order valence-corrected chi connectivity index (χ3v) is 6.03. The highest BCUT2D eigenvalue weighted by Gasteiger charge is 2.53. The van der Waals surface area contributed by atoms with Crippen LogP contribution >= 0.6 is 22.9 Å². The summed E-state index contributed by atoms with van der Waals surface area (Å²) in [6, 6.07) is 1.15. The molecule has 1 fully saturated rings. The van der Waals surface area contributed by atoms with Crippen LogP contribution in [0.25, 0.3) is 0 Å². The van der Waals surface area contributed by atoms with Crippen molar-refractivity contribution in [1.29, 1.82) is 0 Å². The van der Waals surface area contributed by atoms with Gasteiger partial charge in [-0.2, -0.15) is 8.78 Å². The number of carbonyl (C=O) groups is 1. The third kappa shape index (κ3) is 3.51. The van der Waals surface area contributed by atoms with E-state index >= 15 is 0 Å². The van der Waals surface area contributed by atoms with E-state index in [1.54, 1.807) is 4.90 Å². The van der Waals surface area contributed by atoms with Crippen LogP contribution in [0.5, 0.6) is 0 Å². The summed E-state index contributed by atoms with van der Waals surface area (Å²) in [5.41, 5.74) is -1.43. The molecule has 0 aromatic carbocycles. The first-order valence-electron chi connectivity index (χ1n) is 8.25. The highest BCUT2D eigenvalue weighted by Crippen LogP contribution is 2.53. The lowest BCUT2D eigenvalue weighted by atomic mass is 9.81. The van der Waals surface area contributed by atoms with Crippen LogP contribution in [0.1, 0.15) is 51.0 Å². The van der Waals surface area contributed by atoms with Gasteiger partial charge in [-0.05, 0) is 40.2 Å². The Bertz CT molecular complexity index is 688. The highest BCUT2D eigenvalue weighted by atomic mass is 35.5. The number of halogens is 3. The summed E-state index contributed by atoms with van der Waals surface area (Å²) < 4.78 is 39.8. The Labute approximate surface area is 155 Å². The van der Waals surface area contributed by atoms with Gasteiger partial charge in [0.25, 0.3) is 5.92 Å². The molecule has 2 aliphatic heterocycles. The fourth-order valence-electron chi connectivity index (χ4n) is 3.48. The predicted molar refractivity (Wildman–Crippen MR) is 92.5 cm³/mol. The minimum atomic E-state index is -3.03. The zero-order valence-corrected chi connectivity index (χ0v) is 16.3. The summed E-state index contributed by atoms with van der Waals surface area (Å²) in [5, 5.41) is 0. The van der Waals surface area contributed by atoms with Gasteiger partial charge in [0.2, 0.25) is 0 Å². The van der Waals surface area contributed by atoms with E-state index in [-0.39, 0.29) is 17.7 Å². The highest BCUT2D eigenvalue weighted by molar-refractivity contribution is 7.16. The molecule has 1 spiro atoms. The van der Waals surface area contributed by atoms with Gasteiger partial charge < -0.3 is 14.4 Å². The van der Waals surface area contributed by atoms with Crippen LogP contribution < -0.4 is 0 Å². The van der Waals surface area contributed by atoms with Gasteiger partial charge in [0.05, 0.1) is 4.34 Å². The number of alkyl halides is 2. The van der Waals surface area contributed by atoms with Crippen molar-refractivity contribution in [3.05, 3.63) is 20.8 Å². The van der Waals surface area contributed by atoms with E-state index in [2.05, 4.69) is 0 Å². The van der Waals surface area contributed by atoms with E-state index in [9.17, 15) is 13.6 Å². The minimum Gasteiger partial charge on any atom is -0.444 e. The van der Waals surface area contributed by atoms with Gasteiger partial charge in [-0.25, -0.2) is 4.79 Å². The van der Waals surface area contributed by atoms with Gasteiger partial charge >= 0.3 is 6.09 Å². The monoisotopic (exact) mass is 393 g/mol. The lowest BCUT2D eigenvalue weighted by Crippen LogP contribution is -2.54. The molecule has 0 N–H and O–H groups in total. The molecule has 1 aromatic heterocycles. The molecule has 2 unspecified atom stereocenters. The molecule has 1 aromatic rings. The van der Waals surface area contributed by atoms with E-state index in [4.69, 9.17) is 21.1 Å². The molecule has 25 heavy (non-hydrogen) atoms. The molecule has 3 heterocycles. The number of rotatable bonds is 0. The van der Waals surface area contributed by atoms with Gasteiger partial charge in [0.1, 0.15) is 17.8 Å². The molecule has 2 aliphatic rings. The van der Waals surface area contributed by atoms with Gasteiger partial charge in [0.15, 0.2) is 0 Å². The lowest BCUT2D eigenvalue weighted by Gasteiger charge is -2.47. The quantitative estimate of drug-likeness (QED) is 0.612. The van der Waals surface area contributed by atoms with Crippen molar-refractivity contribution in [2.45, 2.75) is 63.7 Å². The van der Waals surface area contributed by atoms with Crippen molar-refractivity contribution < 1.29 is 23.0 Å². The number of fused-ring (bicyclic) bond motifs is 2. The van der Waals surface area contributed by atoms with Gasteiger partial charge in [0, 0.05) is 29.4 Å². The Kier molecular flexibility index (Phi) is 4.57. The SMILES string of the molecule is CC1CC2(CCN1C(=O)OC(C)(C)C)OCC(F)(F)c1cc(Cl)sc12. The van der Waals surface area contributed by atoms with Crippen molar-refractivity contribution in [3.63, 3.8) is 0 Å². The van der Waals surface area contributed by atoms with Crippen LogP contribution in [0.15, 0.2) is 6.07 Å². The zero-order valence-electron chi connectivity index (χ0n) is 14.7. The minimum absolute atomic E-state index is 0.0355. The van der Waals surface area contributed by atoms with Crippen LogP contribution in [0.4, 0.5) is 13.6 Å². The lowest BCUT2D eigenvalue weighted by molar-refractivity contribution is -0.186. The van der Waals surface area contributed by atoms with E-state index in [1.165, 1.54) is 6.07 Å². The third-order valence-electron chi connectivity index (χ3n) is 4.58. The van der Waals surface area contributed by atoms with Crippen LogP contribution in [0, 0.1) is 0 Å². The van der Waals surface area contributed by atoms with Crippen molar-refractivity contribution in [2.24, 2.45) is 0 Å². The Balaban J connectivity index is 1.84. The van der Waals surface area contributed by atoms with E-state index < -0.39 is 23.7 Å². The topological polar surface area (TPSA) is 38.8 Å². The maximum absolute atomic E-state index is 14.2. The second kappa shape index (κ2) is 6.06. The molecule has 140 valence electrons. The standard InChI is InChI=1S/C17H22ClF2NO3S/c1-10-8-16(5-6-21(10)14(22)24-15(2,3)4)13-11(7-12(18)25-13)17(19,20)9-23-16/h7,10H,5-6,8-9H2,1-4H3. The number of ether oxygens (including phenoxy) is 2. The van der Waals surface area contributed by atoms with Crippen LogP contribution in [0.2, 0.25) is 4.34 Å². The maximum atomic E-state index is 14.2. The molecule has 0 radical (unpaired) electrons. The van der Waals surface area contributed by atoms with E-state index in [0.717, 1.165) is 11.3 Å². The molecule has 0 bridgehead atoms. The van der Waals surface area contributed by atoms with Crippen molar-refractivity contribution in [1.82, 2.24) is 4.90 Å². The molecular formula is C17H22ClF2NO3S. The first-order valence-corrected chi connectivity index (χ1v) is 9.45. The summed E-state index contributed by atoms with van der Waals surface area (Å²) in [7, 11) is 0. The van der Waals surface area contributed by atoms with Crippen molar-refractivity contribution in [2.75, 3.05) is 13.2 Å². The van der Waals surface area contributed by atoms with Crippen molar-refractivity contribution >= 4 is 29.0 Å². The Morgan fingerprint density at radius 3 is 2.76 bits per heavy atom. The first kappa shape index (κ1) is 18.9. The molecule has 4 nitrogen and oxygen atoms in total. The molecule has 0 saturated carbocycles. The van der Waals surface area contributed by atoms with Crippen LogP contribution in [-0.4, -0.2) is 35.8 Å². The fraction of sp³-hybridized carbons (Fsp3) is 0.706. The number of amides is 1. The molecule has 0 aliphatic carbocycles. The average molecular weight is 394 g/mol. The average Bonchev–Trinajstić information content (AvgIpc) is 2.86. The summed E-state index contributed by atoms with van der Waals surface area (Å²) in [6.07, 6.45) is 0.489. The molecule has 1 amide bonds. The predicted octanol–water partition coefficient (Wildman–Crippen LogP) is 5.14. The molecular weight excluding hydrogens is 372 g/mol. The summed E-state index contributed by atoms with van der Waals surface area (Å²) in [6.45, 7) is 7.05. The Morgan fingerprint density at radius 1 is 1.48 bits per heavy atom. The number of hydrogen-bond acceptors (Lipinski definition) is 4. The zero-order chi connectivity index (χ0) is 18.6. The number of thiophene rings is 1. The number of carbonyl (C=O) groups excluding carboxylic acids is 1. The van der Waals surface area contributed by atoms with Crippen LogP contribution in [-0.2, 0) is 21.0 Å². The second-order valence-corrected chi connectivity index (χ2v) is 9.44. The molecule has 1 saturated heterocycles. The van der Waals surface area contributed by atoms with Gasteiger partial charge in [-0.15, -0.1) is 11.3 Å². The molecule has 8 heteroatoms. The Hall–Kier alpha value is -0.920. The molecule has 3 rings (SSSR count). The van der Waals surface area contributed by atoms with Gasteiger partial charge in [-0.1, -0.05) is 11.6 Å². The van der Waals surface area contributed by atoms with Crippen LogP contribution in [0.3, 0.4) is 0 Å². The summed E-state index contributed by atoms with van der Waals surface area (Å²) in [5.74, 6) is -3.03. The molecule has 2 atom stereocenters. The number of piperidine rings is 1. The summed E-state index contributed by atoms with van der Waals surface area (Å²) >= 11 is 7.16. The number of hydrogen-bond donors (Lipinski definition) is 0. The normalized spacial score (nSPS) is 28.8. The van der Waals surface area contributed by atoms with E-state index in [0.29, 0.717) is 28.6 Å². The summed E-state index contributed by atoms with van der Waals surface area (Å²) in [4.78, 5) is 14.5. The Morgan fingerprint density at radius 2 is 2.16 bits per heavy atom. The number of nitrogens with zero attached hydrogens (tertiary/aromatic N) is 1. The second-order valence-electron chi connectivity index (χ2n) is 7.76. The first-order chi connectivity index (χ1) is 11.4. The largest absolute Gasteiger partial charge is 0.444 e. The fourth-order valence-corrected chi connectivity index (χ4v) is 4.94. The van der Waals surface area contributed by atoms with E-state index in [1.807, 2.05) is 27.7 Å². The van der Waals surface area contributed by atoms with Crippen molar-refractivity contribution in [3.8, 4) is 0 Å².